The fourth-order valence-corrected chi connectivity index (χ4v) is 4.83. The number of amides is 1. The molecular formula is C20H18F6N2O4S. The molecule has 1 heterocycles. The Morgan fingerprint density at radius 3 is 2.00 bits per heavy atom. The predicted octanol–water partition coefficient (Wildman–Crippen LogP) is 4.31. The molecule has 1 saturated heterocycles. The summed E-state index contributed by atoms with van der Waals surface area (Å²) in [5, 5.41) is 2.18. The van der Waals surface area contributed by atoms with Crippen LogP contribution in [0.1, 0.15) is 27.0 Å². The number of ether oxygens (including phenoxy) is 1. The number of rotatable bonds is 4. The molecule has 1 aliphatic heterocycles. The first kappa shape index (κ1) is 25.0. The average Bonchev–Trinajstić information content (AvgIpc) is 2.74. The maximum atomic E-state index is 13.1. The molecular weight excluding hydrogens is 478 g/mol. The molecule has 0 saturated carbocycles. The van der Waals surface area contributed by atoms with Crippen molar-refractivity contribution in [3.8, 4) is 0 Å². The summed E-state index contributed by atoms with van der Waals surface area (Å²) in [5.41, 5.74) is -3.92. The van der Waals surface area contributed by atoms with E-state index in [1.54, 1.807) is 0 Å². The number of nitrogens with zero attached hydrogens (tertiary/aromatic N) is 1. The van der Waals surface area contributed by atoms with E-state index >= 15 is 0 Å². The second-order valence-corrected chi connectivity index (χ2v) is 9.15. The Bertz CT molecular complexity index is 1120. The van der Waals surface area contributed by atoms with Crippen LogP contribution in [0.4, 0.5) is 32.0 Å². The Balaban J connectivity index is 1.95. The molecule has 3 rings (SSSR count). The van der Waals surface area contributed by atoms with Crippen LogP contribution in [-0.2, 0) is 27.1 Å². The summed E-state index contributed by atoms with van der Waals surface area (Å²) in [6.45, 7) is 2.14. The van der Waals surface area contributed by atoms with E-state index in [2.05, 4.69) is 5.32 Å². The fraction of sp³-hybridized carbons (Fsp3) is 0.350. The first-order valence-corrected chi connectivity index (χ1v) is 10.9. The summed E-state index contributed by atoms with van der Waals surface area (Å²) in [7, 11) is -3.96. The normalized spacial score (nSPS) is 16.0. The van der Waals surface area contributed by atoms with Gasteiger partial charge in [-0.05, 0) is 42.8 Å². The zero-order valence-corrected chi connectivity index (χ0v) is 17.9. The van der Waals surface area contributed by atoms with Crippen molar-refractivity contribution in [3.05, 3.63) is 58.7 Å². The van der Waals surface area contributed by atoms with Gasteiger partial charge >= 0.3 is 12.4 Å². The van der Waals surface area contributed by atoms with E-state index in [-0.39, 0.29) is 43.0 Å². The molecule has 6 nitrogen and oxygen atoms in total. The molecule has 0 bridgehead atoms. The van der Waals surface area contributed by atoms with Crippen molar-refractivity contribution in [2.75, 3.05) is 31.6 Å². The molecule has 0 aliphatic carbocycles. The van der Waals surface area contributed by atoms with Gasteiger partial charge in [-0.3, -0.25) is 4.79 Å². The van der Waals surface area contributed by atoms with E-state index in [0.717, 1.165) is 6.07 Å². The van der Waals surface area contributed by atoms with Crippen LogP contribution in [0.25, 0.3) is 0 Å². The summed E-state index contributed by atoms with van der Waals surface area (Å²) >= 11 is 0. The van der Waals surface area contributed by atoms with Crippen molar-refractivity contribution in [2.24, 2.45) is 0 Å². The van der Waals surface area contributed by atoms with Crippen molar-refractivity contribution < 1.29 is 44.3 Å². The number of nitrogens with one attached hydrogen (secondary N) is 1. The van der Waals surface area contributed by atoms with Crippen molar-refractivity contribution in [1.82, 2.24) is 4.31 Å². The third-order valence-corrected chi connectivity index (χ3v) is 6.92. The highest BCUT2D eigenvalue weighted by molar-refractivity contribution is 7.89. The third-order valence-electron chi connectivity index (χ3n) is 4.88. The lowest BCUT2D eigenvalue weighted by molar-refractivity contribution is -0.143. The summed E-state index contributed by atoms with van der Waals surface area (Å²) in [6.07, 6.45) is -10.2. The second-order valence-electron chi connectivity index (χ2n) is 7.25. The Labute approximate surface area is 185 Å². The van der Waals surface area contributed by atoms with E-state index < -0.39 is 45.0 Å². The van der Waals surface area contributed by atoms with Crippen LogP contribution in [0, 0.1) is 6.92 Å². The number of carbonyl (C=O) groups is 1. The van der Waals surface area contributed by atoms with Crippen molar-refractivity contribution in [1.29, 1.82) is 0 Å². The Kier molecular flexibility index (Phi) is 6.78. The van der Waals surface area contributed by atoms with Crippen LogP contribution >= 0.6 is 0 Å². The summed E-state index contributed by atoms with van der Waals surface area (Å²) in [5.74, 6) is -1.26. The maximum Gasteiger partial charge on any atom is 0.416 e. The van der Waals surface area contributed by atoms with Crippen molar-refractivity contribution >= 4 is 21.6 Å². The Hall–Kier alpha value is -2.64. The smallest absolute Gasteiger partial charge is 0.379 e. The number of benzene rings is 2. The zero-order chi connectivity index (χ0) is 24.6. The van der Waals surface area contributed by atoms with Gasteiger partial charge in [0.05, 0.1) is 29.2 Å². The van der Waals surface area contributed by atoms with E-state index in [1.807, 2.05) is 0 Å². The topological polar surface area (TPSA) is 75.7 Å². The molecule has 33 heavy (non-hydrogen) atoms. The maximum absolute atomic E-state index is 13.1. The van der Waals surface area contributed by atoms with Gasteiger partial charge in [-0.15, -0.1) is 0 Å². The molecule has 2 aromatic rings. The van der Waals surface area contributed by atoms with Crippen LogP contribution in [0.2, 0.25) is 0 Å². The predicted molar refractivity (Wildman–Crippen MR) is 105 cm³/mol. The summed E-state index contributed by atoms with van der Waals surface area (Å²) < 4.78 is 110. The average molecular weight is 496 g/mol. The Morgan fingerprint density at radius 2 is 1.48 bits per heavy atom. The number of aryl methyl sites for hydroxylation is 1. The van der Waals surface area contributed by atoms with Gasteiger partial charge in [0.15, 0.2) is 0 Å². The van der Waals surface area contributed by atoms with Gasteiger partial charge in [0.25, 0.3) is 5.91 Å². The summed E-state index contributed by atoms with van der Waals surface area (Å²) in [4.78, 5) is 12.3. The van der Waals surface area contributed by atoms with Gasteiger partial charge in [0.1, 0.15) is 0 Å². The molecule has 0 atom stereocenters. The lowest BCUT2D eigenvalue weighted by Gasteiger charge is -2.26. The molecule has 1 N–H and O–H groups in total. The first-order valence-electron chi connectivity index (χ1n) is 9.49. The van der Waals surface area contributed by atoms with Gasteiger partial charge in [0, 0.05) is 24.3 Å². The number of anilines is 1. The molecule has 1 aliphatic rings. The van der Waals surface area contributed by atoms with Gasteiger partial charge in [-0.25, -0.2) is 8.42 Å². The second kappa shape index (κ2) is 8.95. The van der Waals surface area contributed by atoms with E-state index in [4.69, 9.17) is 4.74 Å². The molecule has 0 aromatic heterocycles. The number of morpholine rings is 1. The molecule has 0 unspecified atom stereocenters. The minimum Gasteiger partial charge on any atom is -0.379 e. The van der Waals surface area contributed by atoms with E-state index in [0.29, 0.717) is 17.7 Å². The SMILES string of the molecule is Cc1ccc(NC(=O)c2cc(C(F)(F)F)cc(C(F)(F)F)c2)cc1S(=O)(=O)N1CCOCC1. The van der Waals surface area contributed by atoms with Crippen molar-refractivity contribution in [3.63, 3.8) is 0 Å². The minimum absolute atomic E-state index is 0.0876. The number of hydrogen-bond donors (Lipinski definition) is 1. The van der Waals surface area contributed by atoms with Crippen LogP contribution in [0.3, 0.4) is 0 Å². The molecule has 2 aromatic carbocycles. The van der Waals surface area contributed by atoms with Crippen LogP contribution in [0.5, 0.6) is 0 Å². The third kappa shape index (κ3) is 5.65. The quantitative estimate of drug-likeness (QED) is 0.641. The highest BCUT2D eigenvalue weighted by Gasteiger charge is 2.37. The number of halogens is 6. The fourth-order valence-electron chi connectivity index (χ4n) is 3.17. The molecule has 180 valence electrons. The largest absolute Gasteiger partial charge is 0.416 e. The molecule has 0 spiro atoms. The lowest BCUT2D eigenvalue weighted by atomic mass is 10.0. The van der Waals surface area contributed by atoms with Gasteiger partial charge in [-0.1, -0.05) is 6.07 Å². The minimum atomic E-state index is -5.11. The number of alkyl halides is 6. The summed E-state index contributed by atoms with van der Waals surface area (Å²) in [6, 6.07) is 4.28. The standard InChI is InChI=1S/C20H18F6N2O4S/c1-12-2-3-16(11-17(12)33(30,31)28-4-6-32-7-5-28)27-18(29)13-8-14(19(21,22)23)10-15(9-13)20(24,25)26/h2-3,8-11H,4-7H2,1H3,(H,27,29). The molecule has 1 fully saturated rings. The van der Waals surface area contributed by atoms with Crippen LogP contribution < -0.4 is 5.32 Å². The highest BCUT2D eigenvalue weighted by atomic mass is 32.2. The zero-order valence-electron chi connectivity index (χ0n) is 17.0. The molecule has 0 radical (unpaired) electrons. The Morgan fingerprint density at radius 1 is 0.939 bits per heavy atom. The van der Waals surface area contributed by atoms with Gasteiger partial charge < -0.3 is 10.1 Å². The van der Waals surface area contributed by atoms with Gasteiger partial charge in [-0.2, -0.15) is 30.6 Å². The number of sulfonamides is 1. The van der Waals surface area contributed by atoms with Crippen LogP contribution in [0.15, 0.2) is 41.3 Å². The van der Waals surface area contributed by atoms with Crippen molar-refractivity contribution in [2.45, 2.75) is 24.2 Å². The molecule has 13 heteroatoms. The lowest BCUT2D eigenvalue weighted by Crippen LogP contribution is -2.40. The van der Waals surface area contributed by atoms with E-state index in [1.165, 1.54) is 23.4 Å². The number of carbonyl (C=O) groups excluding carboxylic acids is 1. The monoisotopic (exact) mass is 496 g/mol. The van der Waals surface area contributed by atoms with Crippen LogP contribution in [-0.4, -0.2) is 44.9 Å². The highest BCUT2D eigenvalue weighted by Crippen LogP contribution is 2.36. The van der Waals surface area contributed by atoms with Gasteiger partial charge in [0.2, 0.25) is 10.0 Å². The van der Waals surface area contributed by atoms with E-state index in [9.17, 15) is 39.6 Å². The molecule has 1 amide bonds. The number of hydrogen-bond acceptors (Lipinski definition) is 4. The first-order chi connectivity index (χ1) is 15.2.